The van der Waals surface area contributed by atoms with Gasteiger partial charge in [0.25, 0.3) is 0 Å². The largest absolute Gasteiger partial charge is 0.385 e. The minimum Gasteiger partial charge on any atom is -0.385 e. The van der Waals surface area contributed by atoms with E-state index in [-0.39, 0.29) is 16.3 Å². The molecule has 1 aromatic carbocycles. The van der Waals surface area contributed by atoms with Crippen molar-refractivity contribution in [3.05, 3.63) is 35.6 Å². The van der Waals surface area contributed by atoms with Crippen LogP contribution in [-0.2, 0) is 16.4 Å². The molecule has 0 spiro atoms. The van der Waals surface area contributed by atoms with Crippen molar-refractivity contribution >= 4 is 10.8 Å². The fraction of sp³-hybridized carbons (Fsp3) is 0.538. The van der Waals surface area contributed by atoms with Crippen LogP contribution in [-0.4, -0.2) is 19.8 Å². The topological polar surface area (TPSA) is 37.3 Å². The van der Waals surface area contributed by atoms with Crippen LogP contribution in [0.4, 0.5) is 4.39 Å². The van der Waals surface area contributed by atoms with Crippen molar-refractivity contribution in [3.8, 4) is 0 Å². The van der Waals surface area contributed by atoms with E-state index < -0.39 is 16.4 Å². The van der Waals surface area contributed by atoms with E-state index >= 15 is 0 Å². The second kappa shape index (κ2) is 3.89. The maximum Gasteiger partial charge on any atom is 0.123 e. The monoisotopic (exact) mass is 254 g/mol. The highest BCUT2D eigenvalue weighted by molar-refractivity contribution is 7.86. The van der Waals surface area contributed by atoms with Crippen LogP contribution in [0.2, 0.25) is 0 Å². The molecule has 2 bridgehead atoms. The third-order valence-corrected chi connectivity index (χ3v) is 6.10. The fourth-order valence-electron chi connectivity index (χ4n) is 3.08. The zero-order valence-corrected chi connectivity index (χ0v) is 10.3. The highest BCUT2D eigenvalue weighted by Gasteiger charge is 2.48. The van der Waals surface area contributed by atoms with E-state index in [1.165, 1.54) is 12.1 Å². The lowest BCUT2D eigenvalue weighted by Gasteiger charge is -2.36. The molecule has 17 heavy (non-hydrogen) atoms. The molecule has 2 aliphatic rings. The van der Waals surface area contributed by atoms with E-state index in [0.717, 1.165) is 18.4 Å². The van der Waals surface area contributed by atoms with Crippen LogP contribution in [0, 0.1) is 5.82 Å². The second-order valence-corrected chi connectivity index (χ2v) is 7.09. The minimum absolute atomic E-state index is 0.115. The van der Waals surface area contributed by atoms with Gasteiger partial charge in [-0.25, -0.2) is 4.39 Å². The van der Waals surface area contributed by atoms with Gasteiger partial charge in [-0.05, 0) is 43.4 Å². The van der Waals surface area contributed by atoms with Crippen LogP contribution in [0.25, 0.3) is 0 Å². The van der Waals surface area contributed by atoms with Gasteiger partial charge in [-0.1, -0.05) is 12.1 Å². The lowest BCUT2D eigenvalue weighted by Crippen LogP contribution is -2.40. The molecule has 2 atom stereocenters. The number of hydrogen-bond acceptors (Lipinski definition) is 2. The molecule has 0 radical (unpaired) electrons. The third kappa shape index (κ3) is 1.83. The fourth-order valence-corrected chi connectivity index (χ4v) is 5.24. The van der Waals surface area contributed by atoms with Crippen LogP contribution in [0.5, 0.6) is 0 Å². The Kier molecular flexibility index (Phi) is 2.60. The quantitative estimate of drug-likeness (QED) is 0.833. The van der Waals surface area contributed by atoms with E-state index in [1.807, 2.05) is 0 Å². The molecular formula is C13H15FO2S. The SMILES string of the molecule is O=S1C2CCC1CC(O)(c1ccc(F)cc1)C2. The number of benzene rings is 1. The third-order valence-electron chi connectivity index (χ3n) is 3.98. The first-order chi connectivity index (χ1) is 8.08. The smallest absolute Gasteiger partial charge is 0.123 e. The van der Waals surface area contributed by atoms with E-state index in [1.54, 1.807) is 12.1 Å². The summed E-state index contributed by atoms with van der Waals surface area (Å²) in [4.78, 5) is 0. The summed E-state index contributed by atoms with van der Waals surface area (Å²) < 4.78 is 24.8. The van der Waals surface area contributed by atoms with Crippen LogP contribution in [0.1, 0.15) is 31.2 Å². The molecule has 0 saturated carbocycles. The molecule has 2 unspecified atom stereocenters. The predicted molar refractivity (Wildman–Crippen MR) is 64.5 cm³/mol. The first kappa shape index (κ1) is 11.4. The van der Waals surface area contributed by atoms with Gasteiger partial charge in [0.2, 0.25) is 0 Å². The van der Waals surface area contributed by atoms with Crippen molar-refractivity contribution in [2.75, 3.05) is 0 Å². The molecule has 2 fully saturated rings. The number of rotatable bonds is 1. The molecule has 2 aliphatic heterocycles. The number of fused-ring (bicyclic) bond motifs is 2. The van der Waals surface area contributed by atoms with Gasteiger partial charge in [0.1, 0.15) is 5.82 Å². The van der Waals surface area contributed by atoms with Crippen molar-refractivity contribution in [3.63, 3.8) is 0 Å². The summed E-state index contributed by atoms with van der Waals surface area (Å²) in [6, 6.07) is 6.04. The standard InChI is InChI=1S/C13H15FO2S/c14-10-3-1-9(2-4-10)13(15)7-11-5-6-12(8-13)17(11)16/h1-4,11-12,15H,5-8H2. The first-order valence-electron chi connectivity index (χ1n) is 5.96. The summed E-state index contributed by atoms with van der Waals surface area (Å²) in [6.45, 7) is 0. The van der Waals surface area contributed by atoms with Crippen molar-refractivity contribution in [1.82, 2.24) is 0 Å². The van der Waals surface area contributed by atoms with E-state index in [2.05, 4.69) is 0 Å². The van der Waals surface area contributed by atoms with Crippen molar-refractivity contribution in [1.29, 1.82) is 0 Å². The average Bonchev–Trinajstić information content (AvgIpc) is 2.53. The van der Waals surface area contributed by atoms with Gasteiger partial charge in [0.05, 0.1) is 5.60 Å². The predicted octanol–water partition coefficient (Wildman–Crippen LogP) is 2.09. The van der Waals surface area contributed by atoms with Gasteiger partial charge in [0.15, 0.2) is 0 Å². The molecular weight excluding hydrogens is 239 g/mol. The lowest BCUT2D eigenvalue weighted by molar-refractivity contribution is 0.0184. The summed E-state index contributed by atoms with van der Waals surface area (Å²) in [5.74, 6) is -0.292. The Balaban J connectivity index is 1.92. The normalized spacial score (nSPS) is 40.5. The molecule has 92 valence electrons. The highest BCUT2D eigenvalue weighted by atomic mass is 32.2. The maximum atomic E-state index is 12.9. The molecule has 3 rings (SSSR count). The Labute approximate surface area is 102 Å². The van der Waals surface area contributed by atoms with Crippen LogP contribution >= 0.6 is 0 Å². The van der Waals surface area contributed by atoms with Crippen molar-refractivity contribution in [2.24, 2.45) is 0 Å². The van der Waals surface area contributed by atoms with Gasteiger partial charge in [-0.2, -0.15) is 0 Å². The summed E-state index contributed by atoms with van der Waals surface area (Å²) in [5.41, 5.74) is -0.152. The molecule has 1 N–H and O–H groups in total. The van der Waals surface area contributed by atoms with Crippen LogP contribution in [0.3, 0.4) is 0 Å². The van der Waals surface area contributed by atoms with Gasteiger partial charge >= 0.3 is 0 Å². The number of halogens is 1. The summed E-state index contributed by atoms with van der Waals surface area (Å²) in [5, 5.41) is 10.9. The zero-order chi connectivity index (χ0) is 12.0. The lowest BCUT2D eigenvalue weighted by atomic mass is 9.86. The number of aliphatic hydroxyl groups is 1. The van der Waals surface area contributed by atoms with E-state index in [4.69, 9.17) is 0 Å². The second-order valence-electron chi connectivity index (χ2n) is 5.10. The van der Waals surface area contributed by atoms with Crippen molar-refractivity contribution < 1.29 is 13.7 Å². The maximum absolute atomic E-state index is 12.9. The summed E-state index contributed by atoms with van der Waals surface area (Å²) >= 11 is 0. The number of hydrogen-bond donors (Lipinski definition) is 1. The Morgan fingerprint density at radius 3 is 2.24 bits per heavy atom. The molecule has 0 amide bonds. The molecule has 4 heteroatoms. The summed E-state index contributed by atoms with van der Waals surface area (Å²) in [7, 11) is -0.777. The average molecular weight is 254 g/mol. The molecule has 2 saturated heterocycles. The van der Waals surface area contributed by atoms with Crippen LogP contribution in [0.15, 0.2) is 24.3 Å². The first-order valence-corrected chi connectivity index (χ1v) is 7.24. The minimum atomic E-state index is -0.909. The van der Waals surface area contributed by atoms with Gasteiger partial charge in [-0.15, -0.1) is 0 Å². The Morgan fingerprint density at radius 1 is 1.18 bits per heavy atom. The highest BCUT2D eigenvalue weighted by Crippen LogP contribution is 2.45. The molecule has 0 aliphatic carbocycles. The molecule has 0 aromatic heterocycles. The van der Waals surface area contributed by atoms with Crippen LogP contribution < -0.4 is 0 Å². The molecule has 1 aromatic rings. The van der Waals surface area contributed by atoms with E-state index in [9.17, 15) is 13.7 Å². The van der Waals surface area contributed by atoms with Crippen molar-refractivity contribution in [2.45, 2.75) is 41.8 Å². The van der Waals surface area contributed by atoms with Gasteiger partial charge in [0, 0.05) is 21.3 Å². The zero-order valence-electron chi connectivity index (χ0n) is 9.43. The van der Waals surface area contributed by atoms with E-state index in [0.29, 0.717) is 12.8 Å². The van der Waals surface area contributed by atoms with Gasteiger partial charge < -0.3 is 5.11 Å². The summed E-state index contributed by atoms with van der Waals surface area (Å²) in [6.07, 6.45) is 2.98. The Morgan fingerprint density at radius 2 is 1.71 bits per heavy atom. The Hall–Kier alpha value is -0.740. The Bertz CT molecular complexity index is 441. The molecule has 2 nitrogen and oxygen atoms in total. The van der Waals surface area contributed by atoms with Gasteiger partial charge in [-0.3, -0.25) is 4.21 Å². The molecule has 2 heterocycles.